The van der Waals surface area contributed by atoms with Crippen molar-refractivity contribution in [2.75, 3.05) is 11.9 Å². The van der Waals surface area contributed by atoms with Gasteiger partial charge in [0.15, 0.2) is 0 Å². The third kappa shape index (κ3) is 3.35. The molecule has 0 bridgehead atoms. The number of carbonyl (C=O) groups excluding carboxylic acids is 2. The Bertz CT molecular complexity index is 912. The van der Waals surface area contributed by atoms with Crippen molar-refractivity contribution in [3.63, 3.8) is 0 Å². The SMILES string of the molecule is CC(=O)NCC=Cc1c(F)ccc2c1C(=Cc1nc[nH]c1C)C(=O)N2. The lowest BCUT2D eigenvalue weighted by molar-refractivity contribution is -0.118. The molecule has 2 aromatic rings. The predicted octanol–water partition coefficient (Wildman–Crippen LogP) is 2.50. The number of aromatic amines is 1. The molecule has 0 fully saturated rings. The van der Waals surface area contributed by atoms with Crippen LogP contribution in [0.25, 0.3) is 17.7 Å². The number of rotatable bonds is 4. The van der Waals surface area contributed by atoms with Crippen molar-refractivity contribution in [1.29, 1.82) is 0 Å². The highest BCUT2D eigenvalue weighted by atomic mass is 19.1. The number of halogens is 1. The van der Waals surface area contributed by atoms with E-state index >= 15 is 0 Å². The van der Waals surface area contributed by atoms with Gasteiger partial charge in [0, 0.05) is 36.0 Å². The minimum Gasteiger partial charge on any atom is -0.353 e. The molecule has 0 spiro atoms. The van der Waals surface area contributed by atoms with E-state index in [-0.39, 0.29) is 18.4 Å². The van der Waals surface area contributed by atoms with Gasteiger partial charge in [-0.15, -0.1) is 0 Å². The fourth-order valence-corrected chi connectivity index (χ4v) is 2.62. The van der Waals surface area contributed by atoms with Crippen LogP contribution < -0.4 is 10.6 Å². The third-order valence-corrected chi connectivity index (χ3v) is 3.86. The molecular formula is C18H17FN4O2. The molecule has 0 saturated carbocycles. The van der Waals surface area contributed by atoms with E-state index in [1.165, 1.54) is 25.4 Å². The van der Waals surface area contributed by atoms with E-state index in [9.17, 15) is 14.0 Å². The molecule has 7 heteroatoms. The van der Waals surface area contributed by atoms with Gasteiger partial charge in [-0.25, -0.2) is 9.37 Å². The molecule has 0 aliphatic carbocycles. The molecule has 3 rings (SSSR count). The van der Waals surface area contributed by atoms with Gasteiger partial charge in [0.05, 0.1) is 17.6 Å². The maximum absolute atomic E-state index is 14.4. The van der Waals surface area contributed by atoms with E-state index in [0.29, 0.717) is 28.1 Å². The standard InChI is InChI=1S/C18H17FN4O2/c1-10-16(22-9-21-10)8-13-17-12(4-3-7-20-11(2)24)14(19)5-6-15(17)23-18(13)25/h3-6,8-9H,7H2,1-2H3,(H,20,24)(H,21,22)(H,23,25). The van der Waals surface area contributed by atoms with E-state index < -0.39 is 5.82 Å². The number of carbonyl (C=O) groups is 2. The number of H-pyrrole nitrogens is 1. The molecule has 25 heavy (non-hydrogen) atoms. The van der Waals surface area contributed by atoms with E-state index in [0.717, 1.165) is 5.69 Å². The topological polar surface area (TPSA) is 86.9 Å². The molecule has 0 unspecified atom stereocenters. The molecule has 1 aliphatic heterocycles. The number of anilines is 1. The maximum atomic E-state index is 14.4. The Kier molecular flexibility index (Phi) is 4.47. The van der Waals surface area contributed by atoms with Gasteiger partial charge in [0.1, 0.15) is 5.82 Å². The summed E-state index contributed by atoms with van der Waals surface area (Å²) in [7, 11) is 0. The van der Waals surface area contributed by atoms with E-state index in [2.05, 4.69) is 20.6 Å². The quantitative estimate of drug-likeness (QED) is 0.748. The van der Waals surface area contributed by atoms with Gasteiger partial charge in [0.25, 0.3) is 5.91 Å². The second-order valence-corrected chi connectivity index (χ2v) is 5.65. The van der Waals surface area contributed by atoms with Gasteiger partial charge < -0.3 is 15.6 Å². The van der Waals surface area contributed by atoms with Crippen molar-refractivity contribution in [2.24, 2.45) is 0 Å². The van der Waals surface area contributed by atoms with Crippen LogP contribution in [0.1, 0.15) is 29.4 Å². The fourth-order valence-electron chi connectivity index (χ4n) is 2.62. The number of nitrogens with zero attached hydrogens (tertiary/aromatic N) is 1. The second-order valence-electron chi connectivity index (χ2n) is 5.65. The number of hydrogen-bond acceptors (Lipinski definition) is 3. The Labute approximate surface area is 143 Å². The summed E-state index contributed by atoms with van der Waals surface area (Å²) in [6.07, 6.45) is 6.38. The molecule has 128 valence electrons. The number of imidazole rings is 1. The van der Waals surface area contributed by atoms with Gasteiger partial charge in [-0.05, 0) is 25.1 Å². The minimum absolute atomic E-state index is 0.171. The fraction of sp³-hybridized carbons (Fsp3) is 0.167. The number of amides is 2. The van der Waals surface area contributed by atoms with Crippen molar-refractivity contribution in [2.45, 2.75) is 13.8 Å². The highest BCUT2D eigenvalue weighted by molar-refractivity contribution is 6.35. The average molecular weight is 340 g/mol. The van der Waals surface area contributed by atoms with Crippen molar-refractivity contribution in [3.8, 4) is 0 Å². The van der Waals surface area contributed by atoms with E-state index in [4.69, 9.17) is 0 Å². The Morgan fingerprint density at radius 3 is 2.88 bits per heavy atom. The minimum atomic E-state index is -0.445. The first-order valence-electron chi connectivity index (χ1n) is 7.74. The van der Waals surface area contributed by atoms with E-state index in [1.807, 2.05) is 6.92 Å². The molecule has 1 aromatic heterocycles. The van der Waals surface area contributed by atoms with Crippen LogP contribution in [0, 0.1) is 12.7 Å². The number of benzene rings is 1. The first-order chi connectivity index (χ1) is 12.0. The first-order valence-corrected chi connectivity index (χ1v) is 7.74. The average Bonchev–Trinajstić information content (AvgIpc) is 3.10. The van der Waals surface area contributed by atoms with Crippen molar-refractivity contribution < 1.29 is 14.0 Å². The summed E-state index contributed by atoms with van der Waals surface area (Å²) in [6, 6.07) is 2.84. The number of nitrogens with one attached hydrogen (secondary N) is 3. The lowest BCUT2D eigenvalue weighted by Gasteiger charge is -2.06. The number of fused-ring (bicyclic) bond motifs is 1. The number of aromatic nitrogens is 2. The van der Waals surface area contributed by atoms with Crippen molar-refractivity contribution in [1.82, 2.24) is 15.3 Å². The molecule has 2 heterocycles. The normalized spacial score (nSPS) is 14.8. The number of hydrogen-bond donors (Lipinski definition) is 3. The molecule has 6 nitrogen and oxygen atoms in total. The maximum Gasteiger partial charge on any atom is 0.256 e. The predicted molar refractivity (Wildman–Crippen MR) is 93.9 cm³/mol. The Morgan fingerprint density at radius 2 is 2.20 bits per heavy atom. The summed E-state index contributed by atoms with van der Waals surface area (Å²) in [5.41, 5.74) is 3.12. The van der Waals surface area contributed by atoms with Gasteiger partial charge >= 0.3 is 0 Å². The molecule has 3 N–H and O–H groups in total. The smallest absolute Gasteiger partial charge is 0.256 e. The molecule has 1 aliphatic rings. The Morgan fingerprint density at radius 1 is 1.40 bits per heavy atom. The largest absolute Gasteiger partial charge is 0.353 e. The van der Waals surface area contributed by atoms with Crippen LogP contribution in [0.5, 0.6) is 0 Å². The molecule has 2 amide bonds. The van der Waals surface area contributed by atoms with Crippen LogP contribution in [0.2, 0.25) is 0 Å². The van der Waals surface area contributed by atoms with Crippen LogP contribution >= 0.6 is 0 Å². The lowest BCUT2D eigenvalue weighted by atomic mass is 9.98. The van der Waals surface area contributed by atoms with Crippen molar-refractivity contribution in [3.05, 3.63) is 52.9 Å². The molecular weight excluding hydrogens is 323 g/mol. The van der Waals surface area contributed by atoms with Gasteiger partial charge in [-0.2, -0.15) is 0 Å². The summed E-state index contributed by atoms with van der Waals surface area (Å²) in [6.45, 7) is 3.52. The zero-order valence-electron chi connectivity index (χ0n) is 13.8. The highest BCUT2D eigenvalue weighted by Gasteiger charge is 2.28. The summed E-state index contributed by atoms with van der Waals surface area (Å²) < 4.78 is 14.4. The van der Waals surface area contributed by atoms with Crippen molar-refractivity contribution >= 4 is 35.2 Å². The van der Waals surface area contributed by atoms with Gasteiger partial charge in [-0.1, -0.05) is 12.2 Å². The molecule has 0 radical (unpaired) electrons. The zero-order chi connectivity index (χ0) is 18.0. The van der Waals surface area contributed by atoms with Crippen LogP contribution in [-0.4, -0.2) is 28.3 Å². The van der Waals surface area contributed by atoms with Crippen LogP contribution in [-0.2, 0) is 9.59 Å². The van der Waals surface area contributed by atoms with E-state index in [1.54, 1.807) is 18.2 Å². The highest BCUT2D eigenvalue weighted by Crippen LogP contribution is 2.37. The Balaban J connectivity index is 2.04. The summed E-state index contributed by atoms with van der Waals surface area (Å²) in [5, 5.41) is 5.35. The van der Waals surface area contributed by atoms with Crippen LogP contribution in [0.3, 0.4) is 0 Å². The first kappa shape index (κ1) is 16.6. The summed E-state index contributed by atoms with van der Waals surface area (Å²) in [5.74, 6) is -0.923. The van der Waals surface area contributed by atoms with Crippen LogP contribution in [0.4, 0.5) is 10.1 Å². The number of aryl methyl sites for hydroxylation is 1. The molecule has 0 atom stereocenters. The molecule has 0 saturated heterocycles. The monoisotopic (exact) mass is 340 g/mol. The second kappa shape index (κ2) is 6.72. The van der Waals surface area contributed by atoms with Gasteiger partial charge in [-0.3, -0.25) is 9.59 Å². The zero-order valence-corrected chi connectivity index (χ0v) is 13.8. The molecule has 1 aromatic carbocycles. The third-order valence-electron chi connectivity index (χ3n) is 3.86. The van der Waals surface area contributed by atoms with Crippen LogP contribution in [0.15, 0.2) is 24.5 Å². The summed E-state index contributed by atoms with van der Waals surface area (Å²) in [4.78, 5) is 30.4. The van der Waals surface area contributed by atoms with Gasteiger partial charge in [0.2, 0.25) is 5.91 Å². The lowest BCUT2D eigenvalue weighted by Crippen LogP contribution is -2.19. The summed E-state index contributed by atoms with van der Waals surface area (Å²) >= 11 is 0. The Hall–Kier alpha value is -3.22.